The lowest BCUT2D eigenvalue weighted by molar-refractivity contribution is 0.172. The van der Waals surface area contributed by atoms with Crippen LogP contribution in [-0.2, 0) is 6.54 Å². The molecular formula is C18H23N3O3. The third-order valence-corrected chi connectivity index (χ3v) is 4.93. The van der Waals surface area contributed by atoms with E-state index in [-0.39, 0.29) is 5.56 Å². The van der Waals surface area contributed by atoms with Crippen molar-refractivity contribution in [3.8, 4) is 11.5 Å². The Morgan fingerprint density at radius 2 is 1.79 bits per heavy atom. The Labute approximate surface area is 140 Å². The number of rotatable bonds is 3. The van der Waals surface area contributed by atoms with E-state index in [0.29, 0.717) is 31.5 Å². The summed E-state index contributed by atoms with van der Waals surface area (Å²) in [5, 5.41) is 1.000. The molecule has 0 aliphatic carbocycles. The maximum absolute atomic E-state index is 12.5. The number of benzene rings is 1. The van der Waals surface area contributed by atoms with Crippen molar-refractivity contribution in [3.63, 3.8) is 0 Å². The van der Waals surface area contributed by atoms with Gasteiger partial charge >= 0.3 is 0 Å². The zero-order valence-electron chi connectivity index (χ0n) is 13.7. The SMILES string of the molecule is NC1CCN(CCn2c(=O)ccc3ccc4c(c32)OCCO4)CC1. The van der Waals surface area contributed by atoms with Crippen LogP contribution in [-0.4, -0.2) is 48.4 Å². The Kier molecular flexibility index (Phi) is 4.16. The summed E-state index contributed by atoms with van der Waals surface area (Å²) < 4.78 is 13.3. The van der Waals surface area contributed by atoms with Crippen molar-refractivity contribution in [3.05, 3.63) is 34.6 Å². The first-order chi connectivity index (χ1) is 11.7. The number of hydrogen-bond donors (Lipinski definition) is 1. The minimum Gasteiger partial charge on any atom is -0.486 e. The molecule has 0 radical (unpaired) electrons. The van der Waals surface area contributed by atoms with E-state index >= 15 is 0 Å². The van der Waals surface area contributed by atoms with Gasteiger partial charge in [-0.15, -0.1) is 0 Å². The highest BCUT2D eigenvalue weighted by Crippen LogP contribution is 2.36. The van der Waals surface area contributed by atoms with Crippen LogP contribution in [0.1, 0.15) is 12.8 Å². The predicted octanol–water partition coefficient (Wildman–Crippen LogP) is 1.20. The van der Waals surface area contributed by atoms with Gasteiger partial charge in [-0.2, -0.15) is 0 Å². The van der Waals surface area contributed by atoms with Crippen LogP contribution >= 0.6 is 0 Å². The molecule has 2 aliphatic heterocycles. The van der Waals surface area contributed by atoms with E-state index in [4.69, 9.17) is 15.2 Å². The van der Waals surface area contributed by atoms with Gasteiger partial charge in [-0.05, 0) is 44.1 Å². The summed E-state index contributed by atoms with van der Waals surface area (Å²) in [5.74, 6) is 1.41. The van der Waals surface area contributed by atoms with E-state index < -0.39 is 0 Å². The quantitative estimate of drug-likeness (QED) is 0.916. The van der Waals surface area contributed by atoms with Crippen molar-refractivity contribution >= 4 is 10.9 Å². The van der Waals surface area contributed by atoms with Crippen LogP contribution in [0.4, 0.5) is 0 Å². The van der Waals surface area contributed by atoms with Crippen LogP contribution in [0.5, 0.6) is 11.5 Å². The van der Waals surface area contributed by atoms with Crippen molar-refractivity contribution in [1.29, 1.82) is 0 Å². The molecule has 2 N–H and O–H groups in total. The van der Waals surface area contributed by atoms with Crippen LogP contribution in [0.3, 0.4) is 0 Å². The first-order valence-electron chi connectivity index (χ1n) is 8.62. The molecule has 0 atom stereocenters. The predicted molar refractivity (Wildman–Crippen MR) is 92.8 cm³/mol. The first kappa shape index (κ1) is 15.5. The van der Waals surface area contributed by atoms with Gasteiger partial charge in [0.05, 0.1) is 5.52 Å². The Balaban J connectivity index is 1.66. The average Bonchev–Trinajstić information content (AvgIpc) is 2.62. The standard InChI is InChI=1S/C18H23N3O3/c19-14-5-7-20(8-6-14)9-10-21-16(22)4-2-13-1-3-15-18(17(13)21)24-12-11-23-15/h1-4,14H,5-12,19H2. The van der Waals surface area contributed by atoms with Gasteiger partial charge in [0.1, 0.15) is 13.2 Å². The summed E-state index contributed by atoms with van der Waals surface area (Å²) >= 11 is 0. The lowest BCUT2D eigenvalue weighted by atomic mass is 10.1. The van der Waals surface area contributed by atoms with Gasteiger partial charge in [0.2, 0.25) is 0 Å². The highest BCUT2D eigenvalue weighted by atomic mass is 16.6. The molecule has 1 fully saturated rings. The molecule has 1 saturated heterocycles. The minimum absolute atomic E-state index is 0.00113. The molecule has 0 saturated carbocycles. The number of nitrogens with zero attached hydrogens (tertiary/aromatic N) is 2. The Bertz CT molecular complexity index is 794. The summed E-state index contributed by atoms with van der Waals surface area (Å²) in [5.41, 5.74) is 6.81. The second kappa shape index (κ2) is 6.45. The number of piperidine rings is 1. The molecule has 2 aliphatic rings. The minimum atomic E-state index is -0.00113. The van der Waals surface area contributed by atoms with E-state index in [9.17, 15) is 4.79 Å². The maximum atomic E-state index is 12.5. The molecule has 0 spiro atoms. The van der Waals surface area contributed by atoms with E-state index in [1.165, 1.54) is 0 Å². The summed E-state index contributed by atoms with van der Waals surface area (Å²) in [6.07, 6.45) is 2.05. The molecule has 0 bridgehead atoms. The fourth-order valence-corrected chi connectivity index (χ4v) is 3.53. The average molecular weight is 329 g/mol. The van der Waals surface area contributed by atoms with Crippen LogP contribution in [0.25, 0.3) is 10.9 Å². The number of fused-ring (bicyclic) bond motifs is 3. The van der Waals surface area contributed by atoms with Crippen molar-refractivity contribution in [2.75, 3.05) is 32.8 Å². The molecule has 6 nitrogen and oxygen atoms in total. The number of pyridine rings is 1. The second-order valence-corrected chi connectivity index (χ2v) is 6.53. The molecular weight excluding hydrogens is 306 g/mol. The molecule has 24 heavy (non-hydrogen) atoms. The maximum Gasteiger partial charge on any atom is 0.251 e. The van der Waals surface area contributed by atoms with Crippen molar-refractivity contribution in [2.24, 2.45) is 5.73 Å². The first-order valence-corrected chi connectivity index (χ1v) is 8.62. The highest BCUT2D eigenvalue weighted by Gasteiger charge is 2.20. The molecule has 3 heterocycles. The summed E-state index contributed by atoms with van der Waals surface area (Å²) in [4.78, 5) is 14.8. The number of likely N-dealkylation sites (tertiary alicyclic amines) is 1. The highest BCUT2D eigenvalue weighted by molar-refractivity contribution is 5.87. The largest absolute Gasteiger partial charge is 0.486 e. The zero-order valence-corrected chi connectivity index (χ0v) is 13.7. The molecule has 128 valence electrons. The zero-order chi connectivity index (χ0) is 16.5. The van der Waals surface area contributed by atoms with E-state index in [1.54, 1.807) is 6.07 Å². The summed E-state index contributed by atoms with van der Waals surface area (Å²) in [7, 11) is 0. The van der Waals surface area contributed by atoms with Gasteiger partial charge in [0, 0.05) is 30.6 Å². The van der Waals surface area contributed by atoms with Crippen LogP contribution < -0.4 is 20.8 Å². The third-order valence-electron chi connectivity index (χ3n) is 4.93. The third kappa shape index (κ3) is 2.87. The van der Waals surface area contributed by atoms with Gasteiger partial charge < -0.3 is 24.7 Å². The lowest BCUT2D eigenvalue weighted by Crippen LogP contribution is -2.41. The topological polar surface area (TPSA) is 69.7 Å². The summed E-state index contributed by atoms with van der Waals surface area (Å²) in [6, 6.07) is 7.70. The fourth-order valence-electron chi connectivity index (χ4n) is 3.53. The molecule has 0 unspecified atom stereocenters. The van der Waals surface area contributed by atoms with Crippen LogP contribution in [0.2, 0.25) is 0 Å². The number of hydrogen-bond acceptors (Lipinski definition) is 5. The molecule has 4 rings (SSSR count). The number of nitrogens with two attached hydrogens (primary N) is 1. The number of ether oxygens (including phenoxy) is 2. The fraction of sp³-hybridized carbons (Fsp3) is 0.500. The van der Waals surface area contributed by atoms with E-state index in [2.05, 4.69) is 4.90 Å². The second-order valence-electron chi connectivity index (χ2n) is 6.53. The molecule has 2 aromatic rings. The van der Waals surface area contributed by atoms with Crippen molar-refractivity contribution < 1.29 is 9.47 Å². The summed E-state index contributed by atoms with van der Waals surface area (Å²) in [6.45, 7) is 4.54. The van der Waals surface area contributed by atoms with Gasteiger partial charge in [-0.1, -0.05) is 0 Å². The lowest BCUT2D eigenvalue weighted by Gasteiger charge is -2.30. The van der Waals surface area contributed by atoms with Crippen molar-refractivity contribution in [2.45, 2.75) is 25.4 Å². The van der Waals surface area contributed by atoms with Crippen molar-refractivity contribution in [1.82, 2.24) is 9.47 Å². The van der Waals surface area contributed by atoms with Gasteiger partial charge in [-0.3, -0.25) is 4.79 Å². The Morgan fingerprint density at radius 1 is 1.04 bits per heavy atom. The van der Waals surface area contributed by atoms with Crippen LogP contribution in [0, 0.1) is 0 Å². The van der Waals surface area contributed by atoms with Gasteiger partial charge in [0.25, 0.3) is 5.56 Å². The monoisotopic (exact) mass is 329 g/mol. The van der Waals surface area contributed by atoms with Gasteiger partial charge in [0.15, 0.2) is 11.5 Å². The Hall–Kier alpha value is -2.05. The molecule has 6 heteroatoms. The molecule has 1 aromatic heterocycles. The molecule has 1 aromatic carbocycles. The smallest absolute Gasteiger partial charge is 0.251 e. The van der Waals surface area contributed by atoms with E-state index in [1.807, 2.05) is 22.8 Å². The normalized spacial score (nSPS) is 18.9. The van der Waals surface area contributed by atoms with Gasteiger partial charge in [-0.25, -0.2) is 0 Å². The number of aromatic nitrogens is 1. The van der Waals surface area contributed by atoms with Crippen LogP contribution in [0.15, 0.2) is 29.1 Å². The molecule has 0 amide bonds. The Morgan fingerprint density at radius 3 is 2.62 bits per heavy atom. The van der Waals surface area contributed by atoms with E-state index in [0.717, 1.165) is 49.1 Å².